The largest absolute Gasteiger partial charge is 0.310 e. The second kappa shape index (κ2) is 13.7. The molecule has 0 aliphatic heterocycles. The third-order valence-corrected chi connectivity index (χ3v) is 12.6. The first kappa shape index (κ1) is 30.4. The molecule has 1 aliphatic carbocycles. The molecule has 0 amide bonds. The highest BCUT2D eigenvalue weighted by atomic mass is 15.1. The highest BCUT2D eigenvalue weighted by Crippen LogP contribution is 2.57. The summed E-state index contributed by atoms with van der Waals surface area (Å²) in [5, 5.41) is 7.99. The summed E-state index contributed by atoms with van der Waals surface area (Å²) in [5.74, 6) is 0. The fourth-order valence-electron chi connectivity index (χ4n) is 9.99. The lowest BCUT2D eigenvalue weighted by Gasteiger charge is -2.35. The summed E-state index contributed by atoms with van der Waals surface area (Å²) in [6.45, 7) is 0. The van der Waals surface area contributed by atoms with Crippen LogP contribution in [0.5, 0.6) is 0 Å². The van der Waals surface area contributed by atoms with E-state index in [1.54, 1.807) is 0 Å². The van der Waals surface area contributed by atoms with Crippen LogP contribution in [0.1, 0.15) is 27.7 Å². The Morgan fingerprint density at radius 1 is 0.333 bits per heavy atom. The van der Waals surface area contributed by atoms with Crippen LogP contribution in [0.15, 0.2) is 236 Å². The van der Waals surface area contributed by atoms with Crippen LogP contribution in [0, 0.1) is 0 Å². The summed E-state index contributed by atoms with van der Waals surface area (Å²) in [5.41, 5.74) is 8.70. The molecule has 1 nitrogen and oxygen atoms in total. The van der Waals surface area contributed by atoms with Gasteiger partial charge in [0.15, 0.2) is 0 Å². The Morgan fingerprint density at radius 2 is 0.833 bits per heavy atom. The van der Waals surface area contributed by atoms with Crippen molar-refractivity contribution < 1.29 is 5.48 Å². The van der Waals surface area contributed by atoms with E-state index >= 15 is 0 Å². The second-order valence-corrected chi connectivity index (χ2v) is 15.7. The van der Waals surface area contributed by atoms with Crippen molar-refractivity contribution >= 4 is 60.2 Å². The molecule has 0 bridgehead atoms. The number of hydrogen-bond acceptors (Lipinski definition) is 1. The topological polar surface area (TPSA) is 3.24 Å². The van der Waals surface area contributed by atoms with Crippen LogP contribution in [0.3, 0.4) is 0 Å². The third kappa shape index (κ3) is 5.13. The van der Waals surface area contributed by atoms with Crippen LogP contribution in [0.2, 0.25) is 0 Å². The van der Waals surface area contributed by atoms with Gasteiger partial charge in [0.25, 0.3) is 0 Å². The standard InChI is InChI=1S/C59H39N/c1-3-19-43(20-4-1)59(44-21-5-2-6-22-44)56-30-16-15-28-52(56)53-36-35-46(39-57(53)59)60(58-38-42-18-8-10-24-48(42)50-26-13-14-29-54(50)58)45-33-31-40(32-34-45)55-37-41-17-7-9-23-47(41)49-25-11-12-27-51(49)55/h1-39H/i31D,32D,33D,34D. The zero-order valence-corrected chi connectivity index (χ0v) is 32.7. The lowest BCUT2D eigenvalue weighted by molar-refractivity contribution is 0.768. The van der Waals surface area contributed by atoms with Gasteiger partial charge in [0.05, 0.1) is 16.6 Å². The van der Waals surface area contributed by atoms with Crippen LogP contribution >= 0.6 is 0 Å². The van der Waals surface area contributed by atoms with Crippen molar-refractivity contribution in [2.24, 2.45) is 0 Å². The predicted molar refractivity (Wildman–Crippen MR) is 254 cm³/mol. The third-order valence-electron chi connectivity index (χ3n) is 12.6. The van der Waals surface area contributed by atoms with Gasteiger partial charge in [0.2, 0.25) is 0 Å². The first-order valence-corrected chi connectivity index (χ1v) is 20.5. The van der Waals surface area contributed by atoms with Crippen molar-refractivity contribution in [2.75, 3.05) is 4.90 Å². The van der Waals surface area contributed by atoms with Gasteiger partial charge in [-0.3, -0.25) is 0 Å². The lowest BCUT2D eigenvalue weighted by Crippen LogP contribution is -2.28. The molecule has 0 aromatic heterocycles. The molecule has 1 aliphatic rings. The van der Waals surface area contributed by atoms with Gasteiger partial charge >= 0.3 is 0 Å². The highest BCUT2D eigenvalue weighted by Gasteiger charge is 2.46. The number of benzene rings is 11. The highest BCUT2D eigenvalue weighted by molar-refractivity contribution is 6.15. The fourth-order valence-corrected chi connectivity index (χ4v) is 9.99. The monoisotopic (exact) mass is 765 g/mol. The first-order valence-electron chi connectivity index (χ1n) is 22.5. The van der Waals surface area contributed by atoms with Crippen molar-refractivity contribution in [3.05, 3.63) is 259 Å². The van der Waals surface area contributed by atoms with E-state index in [0.29, 0.717) is 5.56 Å². The molecule has 0 radical (unpaired) electrons. The van der Waals surface area contributed by atoms with Crippen molar-refractivity contribution in [1.82, 2.24) is 0 Å². The smallest absolute Gasteiger partial charge is 0.0714 e. The van der Waals surface area contributed by atoms with Gasteiger partial charge in [-0.25, -0.2) is 0 Å². The van der Waals surface area contributed by atoms with E-state index in [-0.39, 0.29) is 35.4 Å². The molecule has 0 N–H and O–H groups in total. The summed E-state index contributed by atoms with van der Waals surface area (Å²) in [7, 11) is 0. The molecular weight excluding hydrogens is 723 g/mol. The molecule has 0 saturated heterocycles. The Labute approximate surface area is 355 Å². The van der Waals surface area contributed by atoms with Crippen LogP contribution in [-0.2, 0) is 5.41 Å². The van der Waals surface area contributed by atoms with Crippen molar-refractivity contribution in [3.63, 3.8) is 0 Å². The molecule has 0 saturated carbocycles. The molecule has 11 aromatic rings. The van der Waals surface area contributed by atoms with E-state index in [9.17, 15) is 5.48 Å². The molecule has 0 atom stereocenters. The molecule has 12 rings (SSSR count). The summed E-state index contributed by atoms with van der Waals surface area (Å²) in [6.07, 6.45) is 0. The molecule has 60 heavy (non-hydrogen) atoms. The number of hydrogen-bond donors (Lipinski definition) is 0. The van der Waals surface area contributed by atoms with Gasteiger partial charge < -0.3 is 4.90 Å². The maximum atomic E-state index is 10.1. The van der Waals surface area contributed by atoms with Gasteiger partial charge in [-0.1, -0.05) is 200 Å². The van der Waals surface area contributed by atoms with Crippen LogP contribution in [-0.4, -0.2) is 0 Å². The predicted octanol–water partition coefficient (Wildman–Crippen LogP) is 15.8. The average molecular weight is 766 g/mol. The number of nitrogens with zero attached hydrogens (tertiary/aromatic N) is 1. The number of anilines is 3. The lowest BCUT2D eigenvalue weighted by atomic mass is 9.67. The van der Waals surface area contributed by atoms with Crippen molar-refractivity contribution in [1.29, 1.82) is 0 Å². The summed E-state index contributed by atoms with van der Waals surface area (Å²) in [4.78, 5) is 1.99. The van der Waals surface area contributed by atoms with E-state index in [1.807, 2.05) is 65.6 Å². The first-order chi connectivity index (χ1) is 31.4. The normalized spacial score (nSPS) is 13.7. The van der Waals surface area contributed by atoms with Gasteiger partial charge in [0, 0.05) is 16.8 Å². The molecule has 11 aromatic carbocycles. The minimum atomic E-state index is -0.697. The summed E-state index contributed by atoms with van der Waals surface area (Å²) < 4.78 is 39.9. The van der Waals surface area contributed by atoms with Gasteiger partial charge in [0.1, 0.15) is 0 Å². The molecule has 0 spiro atoms. The number of rotatable bonds is 6. The summed E-state index contributed by atoms with van der Waals surface area (Å²) in [6, 6.07) is 73.0. The second-order valence-electron chi connectivity index (χ2n) is 15.7. The molecule has 280 valence electrons. The minimum absolute atomic E-state index is 0.0944. The van der Waals surface area contributed by atoms with E-state index < -0.39 is 5.41 Å². The SMILES string of the molecule is [2H]c1c([2H])c(N(c2ccc3c(c2)C(c2ccccc2)(c2ccccc2)c2ccccc2-3)c2cc3ccccc3c3ccccc23)c([2H])c([2H])c1-c1cc2ccccc2c2ccccc12. The van der Waals surface area contributed by atoms with E-state index in [0.717, 1.165) is 82.3 Å². The molecule has 0 fully saturated rings. The van der Waals surface area contributed by atoms with Gasteiger partial charge in [-0.2, -0.15) is 0 Å². The molecule has 0 unspecified atom stereocenters. The maximum absolute atomic E-state index is 10.1. The zero-order chi connectivity index (χ0) is 43.1. The fraction of sp³-hybridized carbons (Fsp3) is 0.0169. The van der Waals surface area contributed by atoms with Crippen LogP contribution in [0.25, 0.3) is 65.3 Å². The molecule has 0 heterocycles. The van der Waals surface area contributed by atoms with Crippen molar-refractivity contribution in [2.45, 2.75) is 5.41 Å². The van der Waals surface area contributed by atoms with Gasteiger partial charge in [-0.15, -0.1) is 0 Å². The quantitative estimate of drug-likeness (QED) is 0.152. The Hall–Kier alpha value is -7.74. The molecular formula is C59H39N. The Bertz CT molecular complexity index is 3610. The summed E-state index contributed by atoms with van der Waals surface area (Å²) >= 11 is 0. The van der Waals surface area contributed by atoms with E-state index in [2.05, 4.69) is 152 Å². The Kier molecular flexibility index (Phi) is 6.92. The van der Waals surface area contributed by atoms with E-state index in [4.69, 9.17) is 0 Å². The van der Waals surface area contributed by atoms with Crippen LogP contribution in [0.4, 0.5) is 17.1 Å². The van der Waals surface area contributed by atoms with Gasteiger partial charge in [-0.05, 0) is 119 Å². The zero-order valence-electron chi connectivity index (χ0n) is 36.7. The van der Waals surface area contributed by atoms with Crippen LogP contribution < -0.4 is 4.90 Å². The average Bonchev–Trinajstić information content (AvgIpc) is 3.65. The number of fused-ring (bicyclic) bond motifs is 9. The Balaban J connectivity index is 1.19. The van der Waals surface area contributed by atoms with Crippen molar-refractivity contribution in [3.8, 4) is 22.3 Å². The molecule has 1 heteroatoms. The van der Waals surface area contributed by atoms with E-state index in [1.165, 1.54) is 5.56 Å². The minimum Gasteiger partial charge on any atom is -0.310 e. The Morgan fingerprint density at radius 3 is 1.50 bits per heavy atom. The maximum Gasteiger partial charge on any atom is 0.0714 e.